The van der Waals surface area contributed by atoms with Crippen LogP contribution in [0.1, 0.15) is 5.69 Å². The van der Waals surface area contributed by atoms with E-state index in [1.165, 1.54) is 15.8 Å². The zero-order valence-corrected chi connectivity index (χ0v) is 18.1. The zero-order valence-electron chi connectivity index (χ0n) is 18.1. The van der Waals surface area contributed by atoms with Crippen LogP contribution in [0.5, 0.6) is 0 Å². The van der Waals surface area contributed by atoms with Crippen LogP contribution in [0, 0.1) is 11.6 Å². The van der Waals surface area contributed by atoms with Crippen LogP contribution >= 0.6 is 0 Å². The number of nitrogens with zero attached hydrogens (tertiary/aromatic N) is 6. The number of likely N-dealkylation sites (N-methyl/N-ethyl adjacent to an activating group) is 1. The van der Waals surface area contributed by atoms with Crippen molar-refractivity contribution in [1.82, 2.24) is 25.2 Å². The van der Waals surface area contributed by atoms with E-state index in [0.29, 0.717) is 31.9 Å². The van der Waals surface area contributed by atoms with Gasteiger partial charge < -0.3 is 25.0 Å². The number of aromatic nitrogens is 3. The molecule has 33 heavy (non-hydrogen) atoms. The molecule has 11 nitrogen and oxygen atoms in total. The molecule has 2 N–H and O–H groups in total. The molecule has 2 aromatic rings. The maximum absolute atomic E-state index is 14.9. The van der Waals surface area contributed by atoms with E-state index in [9.17, 15) is 18.4 Å². The Balaban J connectivity index is 1.43. The van der Waals surface area contributed by atoms with Crippen LogP contribution in [-0.2, 0) is 22.7 Å². The molecule has 2 aliphatic heterocycles. The van der Waals surface area contributed by atoms with E-state index in [1.54, 1.807) is 16.8 Å². The number of nitrogens with one attached hydrogen (secondary N) is 1. The third-order valence-corrected chi connectivity index (χ3v) is 5.60. The van der Waals surface area contributed by atoms with Crippen molar-refractivity contribution in [2.45, 2.75) is 19.3 Å². The largest absolute Gasteiger partial charge is 0.442 e. The van der Waals surface area contributed by atoms with Gasteiger partial charge in [0.25, 0.3) is 0 Å². The fraction of sp³-hybridized carbons (Fsp3) is 0.500. The van der Waals surface area contributed by atoms with E-state index >= 15 is 0 Å². The molecule has 0 bridgehead atoms. The number of piperazine rings is 1. The normalized spacial score (nSPS) is 18.7. The molecule has 0 spiro atoms. The summed E-state index contributed by atoms with van der Waals surface area (Å²) in [4.78, 5) is 28.7. The predicted octanol–water partition coefficient (Wildman–Crippen LogP) is -0.0580. The highest BCUT2D eigenvalue weighted by Crippen LogP contribution is 2.31. The highest BCUT2D eigenvalue weighted by molar-refractivity contribution is 5.90. The molecule has 1 aromatic carbocycles. The first kappa shape index (κ1) is 22.9. The predicted molar refractivity (Wildman–Crippen MR) is 113 cm³/mol. The molecule has 2 amide bonds. The van der Waals surface area contributed by atoms with Crippen molar-refractivity contribution in [2.75, 3.05) is 56.1 Å². The Morgan fingerprint density at radius 1 is 1.24 bits per heavy atom. The summed E-state index contributed by atoms with van der Waals surface area (Å²) in [5.41, 5.74) is 0.254. The van der Waals surface area contributed by atoms with Gasteiger partial charge in [-0.1, -0.05) is 5.21 Å². The van der Waals surface area contributed by atoms with Crippen LogP contribution < -0.4 is 15.1 Å². The Hall–Kier alpha value is -3.32. The minimum atomic E-state index is -0.792. The van der Waals surface area contributed by atoms with E-state index in [1.807, 2.05) is 0 Å². The summed E-state index contributed by atoms with van der Waals surface area (Å²) in [5, 5.41) is 19.5. The SMILES string of the molecule is CNCC(=O)N1CCN(c2c(F)cc(N3CC(Cn4cc(CO)nn4)OC3=O)cc2F)CC1. The topological polar surface area (TPSA) is 116 Å². The molecule has 2 saturated heterocycles. The number of ether oxygens (including phenoxy) is 1. The van der Waals surface area contributed by atoms with Crippen molar-refractivity contribution >= 4 is 23.4 Å². The van der Waals surface area contributed by atoms with Crippen LogP contribution in [0.15, 0.2) is 18.3 Å². The fourth-order valence-electron chi connectivity index (χ4n) is 3.99. The smallest absolute Gasteiger partial charge is 0.414 e. The number of aliphatic hydroxyl groups is 1. The second kappa shape index (κ2) is 9.67. The Kier molecular flexibility index (Phi) is 6.70. The number of hydrogen-bond acceptors (Lipinski definition) is 8. The number of halogens is 2. The highest BCUT2D eigenvalue weighted by Gasteiger charge is 2.34. The molecule has 4 rings (SSSR count). The van der Waals surface area contributed by atoms with Gasteiger partial charge in [0.15, 0.2) is 11.6 Å². The number of rotatable bonds is 7. The number of anilines is 2. The average Bonchev–Trinajstić information content (AvgIpc) is 3.40. The number of benzene rings is 1. The van der Waals surface area contributed by atoms with Crippen LogP contribution in [0.2, 0.25) is 0 Å². The summed E-state index contributed by atoms with van der Waals surface area (Å²) in [6, 6.07) is 2.22. The maximum atomic E-state index is 14.9. The minimum absolute atomic E-state index is 0.0544. The van der Waals surface area contributed by atoms with Gasteiger partial charge in [0.2, 0.25) is 5.91 Å². The molecular weight excluding hydrogens is 440 g/mol. The molecule has 1 unspecified atom stereocenters. The summed E-state index contributed by atoms with van der Waals surface area (Å²) in [7, 11) is 1.68. The summed E-state index contributed by atoms with van der Waals surface area (Å²) >= 11 is 0. The average molecular weight is 465 g/mol. The third kappa shape index (κ3) is 4.88. The molecule has 2 aliphatic rings. The Bertz CT molecular complexity index is 1000. The van der Waals surface area contributed by atoms with Gasteiger partial charge >= 0.3 is 6.09 Å². The number of aliphatic hydroxyl groups excluding tert-OH is 1. The van der Waals surface area contributed by atoms with E-state index in [0.717, 1.165) is 12.1 Å². The monoisotopic (exact) mass is 465 g/mol. The van der Waals surface area contributed by atoms with Crippen LogP contribution in [-0.4, -0.2) is 89.4 Å². The number of amides is 2. The first-order valence-electron chi connectivity index (χ1n) is 10.5. The highest BCUT2D eigenvalue weighted by atomic mass is 19.1. The quantitative estimate of drug-likeness (QED) is 0.585. The van der Waals surface area contributed by atoms with E-state index < -0.39 is 23.8 Å². The number of hydrogen-bond donors (Lipinski definition) is 2. The molecule has 0 aliphatic carbocycles. The Labute approximate surface area is 188 Å². The first-order chi connectivity index (χ1) is 15.9. The van der Waals surface area contributed by atoms with Crippen molar-refractivity contribution < 1.29 is 28.2 Å². The standard InChI is InChI=1S/C20H25F2N7O4/c1-23-8-18(31)26-2-4-27(5-3-26)19-16(21)6-14(7-17(19)22)29-11-15(33-20(29)32)10-28-9-13(12-30)24-25-28/h6-7,9,15,23,30H,2-5,8,10-12H2,1H3. The lowest BCUT2D eigenvalue weighted by Crippen LogP contribution is -2.51. The zero-order chi connectivity index (χ0) is 23.5. The first-order valence-corrected chi connectivity index (χ1v) is 10.5. The minimum Gasteiger partial charge on any atom is -0.442 e. The number of cyclic esters (lactones) is 1. The van der Waals surface area contributed by atoms with Crippen molar-refractivity contribution in [1.29, 1.82) is 0 Å². The fourth-order valence-corrected chi connectivity index (χ4v) is 3.99. The number of carbonyl (C=O) groups is 2. The molecular formula is C20H25F2N7O4. The maximum Gasteiger partial charge on any atom is 0.414 e. The summed E-state index contributed by atoms with van der Waals surface area (Å²) in [5.74, 6) is -1.64. The van der Waals surface area contributed by atoms with Gasteiger partial charge in [0.05, 0.1) is 38.1 Å². The van der Waals surface area contributed by atoms with Gasteiger partial charge in [-0.25, -0.2) is 18.3 Å². The van der Waals surface area contributed by atoms with Crippen LogP contribution in [0.4, 0.5) is 25.0 Å². The van der Waals surface area contributed by atoms with E-state index in [2.05, 4.69) is 15.6 Å². The Morgan fingerprint density at radius 3 is 2.55 bits per heavy atom. The molecule has 1 aromatic heterocycles. The van der Waals surface area contributed by atoms with Gasteiger partial charge in [0.1, 0.15) is 17.5 Å². The van der Waals surface area contributed by atoms with Gasteiger partial charge in [-0.05, 0) is 7.05 Å². The van der Waals surface area contributed by atoms with E-state index in [-0.39, 0.29) is 43.5 Å². The lowest BCUT2D eigenvalue weighted by Gasteiger charge is -2.36. The van der Waals surface area contributed by atoms with Gasteiger partial charge in [0, 0.05) is 38.3 Å². The molecule has 13 heteroatoms. The van der Waals surface area contributed by atoms with Crippen molar-refractivity contribution in [3.05, 3.63) is 35.7 Å². The lowest BCUT2D eigenvalue weighted by atomic mass is 10.2. The third-order valence-electron chi connectivity index (χ3n) is 5.60. The number of carbonyl (C=O) groups excluding carboxylic acids is 2. The molecule has 0 radical (unpaired) electrons. The second-order valence-corrected chi connectivity index (χ2v) is 7.86. The van der Waals surface area contributed by atoms with E-state index in [4.69, 9.17) is 9.84 Å². The summed E-state index contributed by atoms with van der Waals surface area (Å²) in [6.45, 7) is 1.54. The summed E-state index contributed by atoms with van der Waals surface area (Å²) in [6.07, 6.45) is 0.210. The second-order valence-electron chi connectivity index (χ2n) is 7.86. The summed E-state index contributed by atoms with van der Waals surface area (Å²) < 4.78 is 36.6. The molecule has 178 valence electrons. The molecule has 2 fully saturated rings. The molecule has 3 heterocycles. The van der Waals surface area contributed by atoms with Crippen molar-refractivity contribution in [2.24, 2.45) is 0 Å². The van der Waals surface area contributed by atoms with Gasteiger partial charge in [-0.3, -0.25) is 9.69 Å². The van der Waals surface area contributed by atoms with Gasteiger partial charge in [-0.2, -0.15) is 0 Å². The van der Waals surface area contributed by atoms with Crippen molar-refractivity contribution in [3.8, 4) is 0 Å². The lowest BCUT2D eigenvalue weighted by molar-refractivity contribution is -0.130. The Morgan fingerprint density at radius 2 is 1.94 bits per heavy atom. The van der Waals surface area contributed by atoms with Crippen LogP contribution in [0.25, 0.3) is 0 Å². The van der Waals surface area contributed by atoms with Crippen LogP contribution in [0.3, 0.4) is 0 Å². The van der Waals surface area contributed by atoms with Crippen molar-refractivity contribution in [3.63, 3.8) is 0 Å². The molecule has 1 atom stereocenters. The molecule has 0 saturated carbocycles. The van der Waals surface area contributed by atoms with Gasteiger partial charge in [-0.15, -0.1) is 5.10 Å².